The van der Waals surface area contributed by atoms with Crippen molar-refractivity contribution in [3.8, 4) is 0 Å². The molecule has 0 spiro atoms. The number of rotatable bonds is 3. The minimum absolute atomic E-state index is 0.354. The highest BCUT2D eigenvalue weighted by atomic mass is 32.1. The first-order valence-electron chi connectivity index (χ1n) is 2.41. The van der Waals surface area contributed by atoms with E-state index in [9.17, 15) is 0 Å². The van der Waals surface area contributed by atoms with Crippen LogP contribution in [0.15, 0.2) is 12.7 Å². The van der Waals surface area contributed by atoms with Gasteiger partial charge in [0, 0.05) is 6.54 Å². The third kappa shape index (κ3) is 5.43. The Morgan fingerprint density at radius 3 is 2.88 bits per heavy atom. The summed E-state index contributed by atoms with van der Waals surface area (Å²) < 4.78 is 0. The number of nitrogens with one attached hydrogen (secondary N) is 1. The molecule has 0 aromatic rings. The third-order valence-electron chi connectivity index (χ3n) is 0.648. The van der Waals surface area contributed by atoms with E-state index in [1.807, 2.05) is 6.08 Å². The third-order valence-corrected chi connectivity index (χ3v) is 0.792. The molecule has 0 aromatic carbocycles. The largest absolute Gasteiger partial charge is 0.376 e. The average molecular weight is 130 g/mol. The predicted molar refractivity (Wildman–Crippen MR) is 39.6 cm³/mol. The summed E-state index contributed by atoms with van der Waals surface area (Å²) in [5.41, 5.74) is 5.12. The van der Waals surface area contributed by atoms with Gasteiger partial charge in [0.15, 0.2) is 5.11 Å². The molecule has 2 nitrogen and oxygen atoms in total. The van der Waals surface area contributed by atoms with Gasteiger partial charge in [-0.15, -0.1) is 6.58 Å². The summed E-state index contributed by atoms with van der Waals surface area (Å²) in [5.74, 6) is 0. The highest BCUT2D eigenvalue weighted by Gasteiger charge is 1.80. The monoisotopic (exact) mass is 130 g/mol. The van der Waals surface area contributed by atoms with Gasteiger partial charge in [0.2, 0.25) is 0 Å². The average Bonchev–Trinajstić information content (AvgIpc) is 1.66. The maximum atomic E-state index is 5.12. The zero-order valence-electron chi connectivity index (χ0n) is 4.68. The van der Waals surface area contributed by atoms with E-state index in [2.05, 4.69) is 24.1 Å². The van der Waals surface area contributed by atoms with Crippen molar-refractivity contribution in [3.63, 3.8) is 0 Å². The Morgan fingerprint density at radius 1 is 1.88 bits per heavy atom. The Morgan fingerprint density at radius 2 is 2.50 bits per heavy atom. The van der Waals surface area contributed by atoms with Gasteiger partial charge in [-0.25, -0.2) is 0 Å². The molecule has 8 heavy (non-hydrogen) atoms. The minimum atomic E-state index is 0.354. The van der Waals surface area contributed by atoms with E-state index in [0.29, 0.717) is 5.11 Å². The molecule has 0 atom stereocenters. The minimum Gasteiger partial charge on any atom is -0.376 e. The van der Waals surface area contributed by atoms with Gasteiger partial charge in [-0.1, -0.05) is 6.08 Å². The summed E-state index contributed by atoms with van der Waals surface area (Å²) in [5, 5.41) is 3.14. The molecule has 3 N–H and O–H groups in total. The van der Waals surface area contributed by atoms with E-state index >= 15 is 0 Å². The Balaban J connectivity index is 2.93. The van der Waals surface area contributed by atoms with E-state index in [1.165, 1.54) is 0 Å². The molecular formula is C5H10N2S. The van der Waals surface area contributed by atoms with Crippen molar-refractivity contribution in [1.82, 2.24) is 5.32 Å². The van der Waals surface area contributed by atoms with Crippen LogP contribution in [0.25, 0.3) is 0 Å². The summed E-state index contributed by atoms with van der Waals surface area (Å²) in [6, 6.07) is 0. The molecule has 0 amide bonds. The molecule has 0 bridgehead atoms. The normalized spacial score (nSPS) is 8.00. The van der Waals surface area contributed by atoms with Crippen LogP contribution in [0.5, 0.6) is 0 Å². The molecule has 0 saturated heterocycles. The Labute approximate surface area is 54.8 Å². The molecule has 0 radical (unpaired) electrons. The van der Waals surface area contributed by atoms with Gasteiger partial charge in [-0.05, 0) is 18.6 Å². The van der Waals surface area contributed by atoms with Crippen molar-refractivity contribution in [1.29, 1.82) is 0 Å². The summed E-state index contributed by atoms with van der Waals surface area (Å²) in [4.78, 5) is 0. The fourth-order valence-electron chi connectivity index (χ4n) is 0.297. The van der Waals surface area contributed by atoms with Crippen molar-refractivity contribution in [2.24, 2.45) is 5.73 Å². The highest BCUT2D eigenvalue weighted by molar-refractivity contribution is 7.80. The maximum Gasteiger partial charge on any atom is 0.163 e. The van der Waals surface area contributed by atoms with Gasteiger partial charge in [-0.2, -0.15) is 0 Å². The molecule has 0 aromatic heterocycles. The maximum absolute atomic E-state index is 5.12. The van der Waals surface area contributed by atoms with Gasteiger partial charge in [0.25, 0.3) is 0 Å². The Hall–Kier alpha value is -0.570. The molecule has 0 aliphatic heterocycles. The summed E-state index contributed by atoms with van der Waals surface area (Å²) in [7, 11) is 0. The molecule has 3 heteroatoms. The highest BCUT2D eigenvalue weighted by Crippen LogP contribution is 1.72. The molecule has 0 aliphatic carbocycles. The molecule has 46 valence electrons. The van der Waals surface area contributed by atoms with Crippen LogP contribution in [0.3, 0.4) is 0 Å². The van der Waals surface area contributed by atoms with Crippen molar-refractivity contribution in [2.45, 2.75) is 6.42 Å². The molecule has 0 fully saturated rings. The van der Waals surface area contributed by atoms with Gasteiger partial charge in [0.05, 0.1) is 0 Å². The lowest BCUT2D eigenvalue weighted by Gasteiger charge is -1.97. The first-order chi connectivity index (χ1) is 3.77. The van der Waals surface area contributed by atoms with Gasteiger partial charge in [-0.3, -0.25) is 0 Å². The van der Waals surface area contributed by atoms with E-state index in [0.717, 1.165) is 13.0 Å². The number of hydrogen-bond donors (Lipinski definition) is 2. The number of hydrogen-bond acceptors (Lipinski definition) is 1. The van der Waals surface area contributed by atoms with Gasteiger partial charge in [0.1, 0.15) is 0 Å². The van der Waals surface area contributed by atoms with Crippen LogP contribution in [0.4, 0.5) is 0 Å². The smallest absolute Gasteiger partial charge is 0.163 e. The van der Waals surface area contributed by atoms with Crippen LogP contribution in [0, 0.1) is 0 Å². The Bertz CT molecular complexity index is 90.4. The predicted octanol–water partition coefficient (Wildman–Crippen LogP) is 0.396. The molecule has 0 unspecified atom stereocenters. The summed E-state index contributed by atoms with van der Waals surface area (Å²) >= 11 is 4.54. The molecule has 0 saturated carbocycles. The number of thiocarbonyl (C=S) groups is 1. The SMILES string of the molecule is C=CCCNC(N)=S. The molecule has 0 aliphatic rings. The quantitative estimate of drug-likeness (QED) is 0.330. The van der Waals surface area contributed by atoms with E-state index < -0.39 is 0 Å². The zero-order valence-corrected chi connectivity index (χ0v) is 5.50. The summed E-state index contributed by atoms with van der Waals surface area (Å²) in [6.07, 6.45) is 2.71. The first-order valence-corrected chi connectivity index (χ1v) is 2.82. The second kappa shape index (κ2) is 4.59. The fourth-order valence-corrected chi connectivity index (χ4v) is 0.399. The van der Waals surface area contributed by atoms with Crippen molar-refractivity contribution in [3.05, 3.63) is 12.7 Å². The second-order valence-electron chi connectivity index (χ2n) is 1.37. The second-order valence-corrected chi connectivity index (χ2v) is 1.81. The standard InChI is InChI=1S/C5H10N2S/c1-2-3-4-7-5(6)8/h2H,1,3-4H2,(H3,6,7,8). The Kier molecular flexibility index (Phi) is 4.26. The van der Waals surface area contributed by atoms with Crippen LogP contribution in [0.1, 0.15) is 6.42 Å². The van der Waals surface area contributed by atoms with Crippen LogP contribution in [0.2, 0.25) is 0 Å². The van der Waals surface area contributed by atoms with Crippen LogP contribution in [-0.4, -0.2) is 11.7 Å². The zero-order chi connectivity index (χ0) is 6.41. The summed E-state index contributed by atoms with van der Waals surface area (Å²) in [6.45, 7) is 4.32. The van der Waals surface area contributed by atoms with Crippen LogP contribution >= 0.6 is 12.2 Å². The first kappa shape index (κ1) is 7.43. The lowest BCUT2D eigenvalue weighted by Crippen LogP contribution is -2.29. The molecule has 0 heterocycles. The van der Waals surface area contributed by atoms with E-state index in [-0.39, 0.29) is 0 Å². The van der Waals surface area contributed by atoms with Gasteiger partial charge < -0.3 is 11.1 Å². The molecule has 0 rings (SSSR count). The fraction of sp³-hybridized carbons (Fsp3) is 0.400. The molecular weight excluding hydrogens is 120 g/mol. The van der Waals surface area contributed by atoms with Crippen molar-refractivity contribution in [2.75, 3.05) is 6.54 Å². The van der Waals surface area contributed by atoms with Crippen molar-refractivity contribution >= 4 is 17.3 Å². The van der Waals surface area contributed by atoms with Crippen LogP contribution in [-0.2, 0) is 0 Å². The van der Waals surface area contributed by atoms with Crippen molar-refractivity contribution < 1.29 is 0 Å². The number of nitrogens with two attached hydrogens (primary N) is 1. The van der Waals surface area contributed by atoms with Crippen LogP contribution < -0.4 is 11.1 Å². The topological polar surface area (TPSA) is 38.0 Å². The lowest BCUT2D eigenvalue weighted by molar-refractivity contribution is 0.895. The van der Waals surface area contributed by atoms with E-state index in [1.54, 1.807) is 0 Å². The van der Waals surface area contributed by atoms with Gasteiger partial charge >= 0.3 is 0 Å². The van der Waals surface area contributed by atoms with E-state index in [4.69, 9.17) is 5.73 Å². The lowest BCUT2D eigenvalue weighted by atomic mass is 10.4.